The predicted molar refractivity (Wildman–Crippen MR) is 95.9 cm³/mol. The minimum atomic E-state index is -0.239. The van der Waals surface area contributed by atoms with E-state index >= 15 is 0 Å². The second-order valence-electron chi connectivity index (χ2n) is 6.64. The summed E-state index contributed by atoms with van der Waals surface area (Å²) in [5, 5.41) is 0. The lowest BCUT2D eigenvalue weighted by Crippen LogP contribution is -2.50. The van der Waals surface area contributed by atoms with E-state index in [0.717, 1.165) is 6.41 Å². The van der Waals surface area contributed by atoms with E-state index in [1.54, 1.807) is 37.8 Å². The van der Waals surface area contributed by atoms with Crippen molar-refractivity contribution in [1.82, 2.24) is 24.6 Å². The fourth-order valence-corrected chi connectivity index (χ4v) is 3.25. The number of carbonyl (C=O) groups excluding carboxylic acids is 4. The van der Waals surface area contributed by atoms with Gasteiger partial charge in [-0.3, -0.25) is 19.2 Å². The molecular weight excluding hydrogens is 350 g/mol. The van der Waals surface area contributed by atoms with Crippen molar-refractivity contribution >= 4 is 24.1 Å². The Bertz CT molecular complexity index is 737. The van der Waals surface area contributed by atoms with Crippen LogP contribution in [0.3, 0.4) is 0 Å². The molecule has 4 amide bonds. The molecule has 0 saturated carbocycles. The van der Waals surface area contributed by atoms with E-state index in [1.807, 2.05) is 0 Å². The Labute approximate surface area is 157 Å². The van der Waals surface area contributed by atoms with Crippen molar-refractivity contribution in [3.05, 3.63) is 29.6 Å². The van der Waals surface area contributed by atoms with Gasteiger partial charge in [0.15, 0.2) is 0 Å². The molecule has 2 fully saturated rings. The first-order chi connectivity index (χ1) is 13.0. The summed E-state index contributed by atoms with van der Waals surface area (Å²) >= 11 is 0. The molecule has 144 valence electrons. The van der Waals surface area contributed by atoms with Crippen LogP contribution in [0.2, 0.25) is 0 Å². The van der Waals surface area contributed by atoms with Crippen molar-refractivity contribution in [2.24, 2.45) is 0 Å². The van der Waals surface area contributed by atoms with Crippen LogP contribution in [-0.2, 0) is 9.59 Å². The molecule has 0 N–H and O–H groups in total. The molecule has 2 saturated heterocycles. The third-order valence-corrected chi connectivity index (χ3v) is 4.95. The Kier molecular flexibility index (Phi) is 5.68. The minimum absolute atomic E-state index is 0.00231. The van der Waals surface area contributed by atoms with E-state index < -0.39 is 0 Å². The second-order valence-corrected chi connectivity index (χ2v) is 6.64. The highest BCUT2D eigenvalue weighted by molar-refractivity contribution is 5.96. The zero-order chi connectivity index (χ0) is 19.4. The maximum absolute atomic E-state index is 12.7. The molecule has 27 heavy (non-hydrogen) atoms. The van der Waals surface area contributed by atoms with Crippen LogP contribution in [0.1, 0.15) is 27.9 Å². The van der Waals surface area contributed by atoms with Crippen molar-refractivity contribution in [3.63, 3.8) is 0 Å². The lowest BCUT2D eigenvalue weighted by molar-refractivity contribution is -0.130. The SMILES string of the molecule is CC(=O)N1CCN(C(=O)c2cccc(C(=O)N3CCN(C=O)CC3)n2)CC1. The summed E-state index contributed by atoms with van der Waals surface area (Å²) in [4.78, 5) is 58.4. The molecule has 0 bridgehead atoms. The number of hydrogen-bond acceptors (Lipinski definition) is 5. The third kappa shape index (κ3) is 4.24. The molecule has 0 atom stereocenters. The number of nitrogens with zero attached hydrogens (tertiary/aromatic N) is 5. The van der Waals surface area contributed by atoms with Crippen LogP contribution < -0.4 is 0 Å². The van der Waals surface area contributed by atoms with Gasteiger partial charge >= 0.3 is 0 Å². The number of pyridine rings is 1. The molecule has 2 aliphatic heterocycles. The lowest BCUT2D eigenvalue weighted by Gasteiger charge is -2.34. The molecular formula is C18H23N5O4. The fraction of sp³-hybridized carbons (Fsp3) is 0.500. The maximum Gasteiger partial charge on any atom is 0.272 e. The van der Waals surface area contributed by atoms with Crippen LogP contribution in [0.5, 0.6) is 0 Å². The number of carbonyl (C=O) groups is 4. The van der Waals surface area contributed by atoms with Gasteiger partial charge in [-0.2, -0.15) is 0 Å². The standard InChI is InChI=1S/C18H23N5O4/c1-14(25)21-9-11-23(12-10-21)18(27)16-4-2-3-15(19-16)17(26)22-7-5-20(13-24)6-8-22/h2-4,13H,5-12H2,1H3. The van der Waals surface area contributed by atoms with Crippen molar-refractivity contribution in [2.75, 3.05) is 52.4 Å². The van der Waals surface area contributed by atoms with Gasteiger partial charge < -0.3 is 19.6 Å². The van der Waals surface area contributed by atoms with E-state index in [0.29, 0.717) is 52.4 Å². The highest BCUT2D eigenvalue weighted by Gasteiger charge is 2.26. The summed E-state index contributed by atoms with van der Waals surface area (Å²) in [5.74, 6) is -0.474. The van der Waals surface area contributed by atoms with Crippen molar-refractivity contribution in [3.8, 4) is 0 Å². The molecule has 0 radical (unpaired) electrons. The van der Waals surface area contributed by atoms with Gasteiger partial charge in [0, 0.05) is 59.3 Å². The van der Waals surface area contributed by atoms with E-state index in [4.69, 9.17) is 0 Å². The van der Waals surface area contributed by atoms with Gasteiger partial charge in [-0.15, -0.1) is 0 Å². The molecule has 3 rings (SSSR count). The summed E-state index contributed by atoms with van der Waals surface area (Å²) in [6.07, 6.45) is 0.783. The fourth-order valence-electron chi connectivity index (χ4n) is 3.25. The Hall–Kier alpha value is -2.97. The van der Waals surface area contributed by atoms with E-state index in [1.165, 1.54) is 6.92 Å². The van der Waals surface area contributed by atoms with Gasteiger partial charge in [0.1, 0.15) is 11.4 Å². The summed E-state index contributed by atoms with van der Waals surface area (Å²) in [5.41, 5.74) is 0.450. The average molecular weight is 373 g/mol. The van der Waals surface area contributed by atoms with Gasteiger partial charge in [0.2, 0.25) is 12.3 Å². The largest absolute Gasteiger partial charge is 0.342 e. The van der Waals surface area contributed by atoms with E-state index in [9.17, 15) is 19.2 Å². The van der Waals surface area contributed by atoms with Crippen LogP contribution in [0.25, 0.3) is 0 Å². The van der Waals surface area contributed by atoms with Gasteiger partial charge in [0.05, 0.1) is 0 Å². The predicted octanol–water partition coefficient (Wildman–Crippen LogP) is -0.700. The number of amides is 4. The summed E-state index contributed by atoms with van der Waals surface area (Å²) in [7, 11) is 0. The lowest BCUT2D eigenvalue weighted by atomic mass is 10.2. The van der Waals surface area contributed by atoms with Crippen LogP contribution in [0, 0.1) is 0 Å². The molecule has 0 aromatic carbocycles. The molecule has 9 heteroatoms. The van der Waals surface area contributed by atoms with Gasteiger partial charge in [-0.25, -0.2) is 4.98 Å². The molecule has 0 spiro atoms. The smallest absolute Gasteiger partial charge is 0.272 e. The zero-order valence-corrected chi connectivity index (χ0v) is 15.3. The van der Waals surface area contributed by atoms with Gasteiger partial charge in [0.25, 0.3) is 11.8 Å². The van der Waals surface area contributed by atoms with Crippen molar-refractivity contribution < 1.29 is 19.2 Å². The van der Waals surface area contributed by atoms with E-state index in [-0.39, 0.29) is 29.1 Å². The second kappa shape index (κ2) is 8.15. The molecule has 2 aliphatic rings. The zero-order valence-electron chi connectivity index (χ0n) is 15.3. The number of piperazine rings is 2. The van der Waals surface area contributed by atoms with Crippen LogP contribution in [-0.4, -0.2) is 101 Å². The van der Waals surface area contributed by atoms with Crippen molar-refractivity contribution in [1.29, 1.82) is 0 Å². The molecule has 1 aromatic heterocycles. The quantitative estimate of drug-likeness (QED) is 0.653. The first kappa shape index (κ1) is 18.8. The first-order valence-electron chi connectivity index (χ1n) is 9.00. The Morgan fingerprint density at radius 2 is 1.26 bits per heavy atom. The normalized spacial score (nSPS) is 17.7. The minimum Gasteiger partial charge on any atom is -0.342 e. The van der Waals surface area contributed by atoms with Gasteiger partial charge in [-0.1, -0.05) is 6.07 Å². The number of aromatic nitrogens is 1. The summed E-state index contributed by atoms with van der Waals surface area (Å²) < 4.78 is 0. The Balaban J connectivity index is 1.65. The molecule has 0 unspecified atom stereocenters. The third-order valence-electron chi connectivity index (χ3n) is 4.95. The summed E-state index contributed by atoms with van der Waals surface area (Å²) in [6, 6.07) is 4.85. The topological polar surface area (TPSA) is 94.1 Å². The van der Waals surface area contributed by atoms with Crippen LogP contribution >= 0.6 is 0 Å². The molecule has 0 aliphatic carbocycles. The van der Waals surface area contributed by atoms with Gasteiger partial charge in [-0.05, 0) is 12.1 Å². The number of rotatable bonds is 3. The van der Waals surface area contributed by atoms with Crippen LogP contribution in [0.4, 0.5) is 0 Å². The highest BCUT2D eigenvalue weighted by atomic mass is 16.2. The van der Waals surface area contributed by atoms with E-state index in [2.05, 4.69) is 4.98 Å². The first-order valence-corrected chi connectivity index (χ1v) is 9.00. The molecule has 1 aromatic rings. The molecule has 9 nitrogen and oxygen atoms in total. The highest BCUT2D eigenvalue weighted by Crippen LogP contribution is 2.11. The summed E-state index contributed by atoms with van der Waals surface area (Å²) in [6.45, 7) is 5.31. The monoisotopic (exact) mass is 373 g/mol. The van der Waals surface area contributed by atoms with Crippen LogP contribution in [0.15, 0.2) is 18.2 Å². The average Bonchev–Trinajstić information content (AvgIpc) is 2.73. The molecule has 3 heterocycles. The maximum atomic E-state index is 12.7. The number of hydrogen-bond donors (Lipinski definition) is 0. The Morgan fingerprint density at radius 1 is 0.815 bits per heavy atom. The van der Waals surface area contributed by atoms with Crippen molar-refractivity contribution in [2.45, 2.75) is 6.92 Å². The Morgan fingerprint density at radius 3 is 1.70 bits per heavy atom.